The Labute approximate surface area is 137 Å². The average Bonchev–Trinajstić information content (AvgIpc) is 3.24. The van der Waals surface area contributed by atoms with Crippen molar-refractivity contribution in [3.8, 4) is 0 Å². The molecule has 0 aromatic carbocycles. The van der Waals surface area contributed by atoms with Gasteiger partial charge in [-0.15, -0.1) is 0 Å². The van der Waals surface area contributed by atoms with Gasteiger partial charge in [0.05, 0.1) is 11.7 Å². The van der Waals surface area contributed by atoms with E-state index in [-0.39, 0.29) is 0 Å². The molecule has 0 radical (unpaired) electrons. The topological polar surface area (TPSA) is 30.7 Å². The first-order valence-electron chi connectivity index (χ1n) is 8.67. The van der Waals surface area contributed by atoms with Gasteiger partial charge in [-0.05, 0) is 55.6 Å². The molecule has 1 aliphatic carbocycles. The molecule has 22 heavy (non-hydrogen) atoms. The number of fused-ring (bicyclic) bond motifs is 1. The van der Waals surface area contributed by atoms with Gasteiger partial charge in [0, 0.05) is 19.2 Å². The van der Waals surface area contributed by atoms with Gasteiger partial charge in [0.1, 0.15) is 11.3 Å². The van der Waals surface area contributed by atoms with E-state index in [1.807, 2.05) is 12.4 Å². The van der Waals surface area contributed by atoms with Crippen LogP contribution < -0.4 is 0 Å². The minimum atomic E-state index is 0.878. The standard InChI is InChI=1S/C18H27N3S/c1-3-4-9-22-10-5-8-21-17(11-15-6-7-15)20-16-13-19-12-14(2)18(16)21/h12-13,15H,3-11H2,1-2H3. The number of unbranched alkanes of at least 4 members (excludes halogenated alkanes) is 1. The van der Waals surface area contributed by atoms with Crippen molar-refractivity contribution in [3.63, 3.8) is 0 Å². The molecule has 0 aliphatic heterocycles. The number of aromatic nitrogens is 3. The molecule has 0 N–H and O–H groups in total. The van der Waals surface area contributed by atoms with Crippen molar-refractivity contribution in [2.45, 2.75) is 58.9 Å². The second-order valence-corrected chi connectivity index (χ2v) is 7.70. The highest BCUT2D eigenvalue weighted by Crippen LogP contribution is 2.33. The van der Waals surface area contributed by atoms with E-state index < -0.39 is 0 Å². The molecule has 120 valence electrons. The Morgan fingerprint density at radius 1 is 1.23 bits per heavy atom. The van der Waals surface area contributed by atoms with Crippen molar-refractivity contribution in [1.29, 1.82) is 0 Å². The zero-order valence-corrected chi connectivity index (χ0v) is 14.7. The molecule has 0 bridgehead atoms. The first-order chi connectivity index (χ1) is 10.8. The molecule has 0 unspecified atom stereocenters. The third-order valence-corrected chi connectivity index (χ3v) is 5.55. The molecule has 0 saturated heterocycles. The van der Waals surface area contributed by atoms with E-state index in [1.165, 1.54) is 60.5 Å². The maximum absolute atomic E-state index is 4.88. The van der Waals surface area contributed by atoms with Crippen molar-refractivity contribution in [2.24, 2.45) is 5.92 Å². The Bertz CT molecular complexity index is 616. The summed E-state index contributed by atoms with van der Waals surface area (Å²) in [5.41, 5.74) is 3.64. The van der Waals surface area contributed by atoms with Gasteiger partial charge in [-0.2, -0.15) is 11.8 Å². The number of hydrogen-bond acceptors (Lipinski definition) is 3. The summed E-state index contributed by atoms with van der Waals surface area (Å²) in [7, 11) is 0. The Kier molecular flexibility index (Phi) is 5.40. The van der Waals surface area contributed by atoms with Crippen LogP contribution in [0.1, 0.15) is 50.4 Å². The average molecular weight is 318 g/mol. The highest BCUT2D eigenvalue weighted by Gasteiger charge is 2.25. The smallest absolute Gasteiger partial charge is 0.110 e. The van der Waals surface area contributed by atoms with E-state index in [1.54, 1.807) is 0 Å². The van der Waals surface area contributed by atoms with Crippen LogP contribution in [0.4, 0.5) is 0 Å². The molecule has 1 aliphatic rings. The third-order valence-electron chi connectivity index (χ3n) is 4.39. The molecule has 0 spiro atoms. The molecule has 2 heterocycles. The largest absolute Gasteiger partial charge is 0.328 e. The fourth-order valence-electron chi connectivity index (χ4n) is 2.96. The molecule has 4 heteroatoms. The van der Waals surface area contributed by atoms with Crippen LogP contribution in [0.5, 0.6) is 0 Å². The highest BCUT2D eigenvalue weighted by molar-refractivity contribution is 7.99. The lowest BCUT2D eigenvalue weighted by atomic mass is 10.2. The Morgan fingerprint density at radius 2 is 2.05 bits per heavy atom. The van der Waals surface area contributed by atoms with Crippen LogP contribution >= 0.6 is 11.8 Å². The van der Waals surface area contributed by atoms with Crippen LogP contribution in [0.2, 0.25) is 0 Å². The number of hydrogen-bond donors (Lipinski definition) is 0. The first-order valence-corrected chi connectivity index (χ1v) is 9.82. The molecule has 2 aromatic heterocycles. The summed E-state index contributed by atoms with van der Waals surface area (Å²) in [6, 6.07) is 0. The van der Waals surface area contributed by atoms with Gasteiger partial charge >= 0.3 is 0 Å². The summed E-state index contributed by atoms with van der Waals surface area (Å²) in [6.45, 7) is 5.52. The molecule has 1 saturated carbocycles. The summed E-state index contributed by atoms with van der Waals surface area (Å²) in [4.78, 5) is 9.19. The highest BCUT2D eigenvalue weighted by atomic mass is 32.2. The van der Waals surface area contributed by atoms with Crippen LogP contribution in [-0.4, -0.2) is 26.0 Å². The molecular weight excluding hydrogens is 290 g/mol. The summed E-state index contributed by atoms with van der Waals surface area (Å²) >= 11 is 2.10. The fraction of sp³-hybridized carbons (Fsp3) is 0.667. The molecule has 0 atom stereocenters. The normalized spacial score (nSPS) is 14.8. The van der Waals surface area contributed by atoms with Gasteiger partial charge < -0.3 is 4.57 Å². The quantitative estimate of drug-likeness (QED) is 0.632. The number of pyridine rings is 1. The van der Waals surface area contributed by atoms with Gasteiger partial charge in [-0.1, -0.05) is 13.3 Å². The van der Waals surface area contributed by atoms with Crippen LogP contribution in [-0.2, 0) is 13.0 Å². The van der Waals surface area contributed by atoms with E-state index >= 15 is 0 Å². The van der Waals surface area contributed by atoms with E-state index in [4.69, 9.17) is 4.98 Å². The first kappa shape index (κ1) is 15.9. The monoisotopic (exact) mass is 317 g/mol. The minimum absolute atomic E-state index is 0.878. The number of rotatable bonds is 9. The Balaban J connectivity index is 1.70. The van der Waals surface area contributed by atoms with Crippen LogP contribution in [0.15, 0.2) is 12.4 Å². The molecule has 3 nitrogen and oxygen atoms in total. The summed E-state index contributed by atoms with van der Waals surface area (Å²) in [5.74, 6) is 4.72. The van der Waals surface area contributed by atoms with Crippen molar-refractivity contribution < 1.29 is 0 Å². The SMILES string of the molecule is CCCCSCCCn1c(CC2CC2)nc2cncc(C)c21. The fourth-order valence-corrected chi connectivity index (χ4v) is 3.99. The van der Waals surface area contributed by atoms with Crippen molar-refractivity contribution >= 4 is 22.8 Å². The van der Waals surface area contributed by atoms with Gasteiger partial charge in [0.15, 0.2) is 0 Å². The summed E-state index contributed by atoms with van der Waals surface area (Å²) < 4.78 is 2.48. The van der Waals surface area contributed by atoms with Crippen LogP contribution in [0.3, 0.4) is 0 Å². The lowest BCUT2D eigenvalue weighted by molar-refractivity contribution is 0.634. The predicted octanol–water partition coefficient (Wildman–Crippen LogP) is 4.62. The van der Waals surface area contributed by atoms with Crippen LogP contribution in [0, 0.1) is 12.8 Å². The zero-order chi connectivity index (χ0) is 15.4. The van der Waals surface area contributed by atoms with Crippen molar-refractivity contribution in [1.82, 2.24) is 14.5 Å². The molecule has 3 rings (SSSR count). The van der Waals surface area contributed by atoms with E-state index in [0.29, 0.717) is 0 Å². The van der Waals surface area contributed by atoms with E-state index in [2.05, 4.69) is 35.2 Å². The molecular formula is C18H27N3S. The summed E-state index contributed by atoms with van der Waals surface area (Å²) in [5, 5.41) is 0. The number of nitrogens with zero attached hydrogens (tertiary/aromatic N) is 3. The van der Waals surface area contributed by atoms with E-state index in [0.717, 1.165) is 24.4 Å². The number of thioether (sulfide) groups is 1. The number of imidazole rings is 1. The minimum Gasteiger partial charge on any atom is -0.328 e. The van der Waals surface area contributed by atoms with E-state index in [9.17, 15) is 0 Å². The second kappa shape index (κ2) is 7.49. The molecule has 0 amide bonds. The van der Waals surface area contributed by atoms with Crippen LogP contribution in [0.25, 0.3) is 11.0 Å². The predicted molar refractivity (Wildman–Crippen MR) is 95.5 cm³/mol. The zero-order valence-electron chi connectivity index (χ0n) is 13.8. The van der Waals surface area contributed by atoms with Gasteiger partial charge in [0.2, 0.25) is 0 Å². The van der Waals surface area contributed by atoms with Crippen molar-refractivity contribution in [3.05, 3.63) is 23.8 Å². The number of aryl methyl sites for hydroxylation is 2. The third kappa shape index (κ3) is 3.83. The molecule has 1 fully saturated rings. The van der Waals surface area contributed by atoms with Gasteiger partial charge in [-0.3, -0.25) is 4.98 Å². The maximum atomic E-state index is 4.88. The van der Waals surface area contributed by atoms with Crippen molar-refractivity contribution in [2.75, 3.05) is 11.5 Å². The van der Waals surface area contributed by atoms with Gasteiger partial charge in [0.25, 0.3) is 0 Å². The Hall–Kier alpha value is -1.03. The lowest BCUT2D eigenvalue weighted by Gasteiger charge is -2.10. The summed E-state index contributed by atoms with van der Waals surface area (Å²) in [6.07, 6.45) is 11.7. The molecule has 2 aromatic rings. The lowest BCUT2D eigenvalue weighted by Crippen LogP contribution is -2.06. The Morgan fingerprint density at radius 3 is 2.82 bits per heavy atom. The van der Waals surface area contributed by atoms with Gasteiger partial charge in [-0.25, -0.2) is 4.98 Å². The maximum Gasteiger partial charge on any atom is 0.110 e. The second-order valence-electron chi connectivity index (χ2n) is 6.47.